The second kappa shape index (κ2) is 9.03. The van der Waals surface area contributed by atoms with Crippen molar-refractivity contribution in [3.05, 3.63) is 35.9 Å². The smallest absolute Gasteiger partial charge is 0.254 e. The van der Waals surface area contributed by atoms with Crippen molar-refractivity contribution in [1.82, 2.24) is 5.32 Å². The highest BCUT2D eigenvalue weighted by Crippen LogP contribution is 2.20. The Morgan fingerprint density at radius 1 is 1.33 bits per heavy atom. The molecule has 21 heavy (non-hydrogen) atoms. The molecule has 1 aromatic rings. The van der Waals surface area contributed by atoms with Crippen molar-refractivity contribution in [3.63, 3.8) is 0 Å². The van der Waals surface area contributed by atoms with Gasteiger partial charge in [-0.1, -0.05) is 44.2 Å². The lowest BCUT2D eigenvalue weighted by atomic mass is 9.90. The van der Waals surface area contributed by atoms with Crippen molar-refractivity contribution in [3.8, 4) is 0 Å². The first-order chi connectivity index (χ1) is 9.41. The average molecular weight is 315 g/mol. The Hall–Kier alpha value is -1.10. The molecule has 0 aliphatic carbocycles. The van der Waals surface area contributed by atoms with Gasteiger partial charge in [0.1, 0.15) is 0 Å². The van der Waals surface area contributed by atoms with E-state index in [9.17, 15) is 4.79 Å². The van der Waals surface area contributed by atoms with Crippen LogP contribution in [0.4, 0.5) is 0 Å². The van der Waals surface area contributed by atoms with Gasteiger partial charge in [0.25, 0.3) is 5.91 Å². The molecule has 0 saturated carbocycles. The van der Waals surface area contributed by atoms with Gasteiger partial charge in [-0.15, -0.1) is 12.4 Å². The minimum Gasteiger partial charge on any atom is -0.367 e. The highest BCUT2D eigenvalue weighted by atomic mass is 35.5. The molecular formula is C16H27ClN2O2. The molecule has 120 valence electrons. The molecule has 0 bridgehead atoms. The molecule has 2 unspecified atom stereocenters. The minimum atomic E-state index is -0.603. The van der Waals surface area contributed by atoms with E-state index in [1.807, 2.05) is 37.3 Å². The second-order valence-electron chi connectivity index (χ2n) is 5.88. The van der Waals surface area contributed by atoms with E-state index in [2.05, 4.69) is 19.2 Å². The largest absolute Gasteiger partial charge is 0.367 e. The maximum absolute atomic E-state index is 12.4. The van der Waals surface area contributed by atoms with E-state index in [1.165, 1.54) is 0 Å². The van der Waals surface area contributed by atoms with E-state index in [0.29, 0.717) is 12.5 Å². The zero-order chi connectivity index (χ0) is 15.2. The summed E-state index contributed by atoms with van der Waals surface area (Å²) in [6.07, 6.45) is 0.231. The predicted molar refractivity (Wildman–Crippen MR) is 88.5 cm³/mol. The van der Waals surface area contributed by atoms with Crippen LogP contribution < -0.4 is 11.1 Å². The van der Waals surface area contributed by atoms with Crippen LogP contribution in [0.15, 0.2) is 30.3 Å². The summed E-state index contributed by atoms with van der Waals surface area (Å²) < 4.78 is 5.34. The summed E-state index contributed by atoms with van der Waals surface area (Å²) in [5.41, 5.74) is 6.27. The number of hydrogen-bond acceptors (Lipinski definition) is 3. The Morgan fingerprint density at radius 3 is 2.33 bits per heavy atom. The molecular weight excluding hydrogens is 288 g/mol. The molecule has 4 nitrogen and oxygen atoms in total. The van der Waals surface area contributed by atoms with E-state index in [-0.39, 0.29) is 18.3 Å². The highest BCUT2D eigenvalue weighted by Gasteiger charge is 2.30. The Bertz CT molecular complexity index is 426. The number of rotatable bonds is 7. The number of nitrogens with one attached hydrogen (secondary N) is 1. The van der Waals surface area contributed by atoms with Gasteiger partial charge in [-0.3, -0.25) is 4.79 Å². The van der Waals surface area contributed by atoms with Crippen LogP contribution >= 0.6 is 12.4 Å². The average Bonchev–Trinajstić information content (AvgIpc) is 2.39. The zero-order valence-corrected chi connectivity index (χ0v) is 14.1. The fourth-order valence-corrected chi connectivity index (χ4v) is 2.47. The van der Waals surface area contributed by atoms with Crippen LogP contribution in [0.3, 0.4) is 0 Å². The maximum Gasteiger partial charge on any atom is 0.254 e. The second-order valence-corrected chi connectivity index (χ2v) is 5.88. The molecule has 1 rings (SSSR count). The van der Waals surface area contributed by atoms with Crippen molar-refractivity contribution >= 4 is 18.3 Å². The number of methoxy groups -OCH3 is 1. The Balaban J connectivity index is 0.00000400. The Morgan fingerprint density at radius 2 is 1.90 bits per heavy atom. The molecule has 0 aliphatic rings. The van der Waals surface area contributed by atoms with Gasteiger partial charge in [0.15, 0.2) is 6.10 Å². The zero-order valence-electron chi connectivity index (χ0n) is 13.3. The predicted octanol–water partition coefficient (Wildman–Crippen LogP) is 2.68. The van der Waals surface area contributed by atoms with E-state index >= 15 is 0 Å². The number of hydrogen-bond donors (Lipinski definition) is 2. The lowest BCUT2D eigenvalue weighted by molar-refractivity contribution is -0.133. The van der Waals surface area contributed by atoms with E-state index in [0.717, 1.165) is 12.0 Å². The van der Waals surface area contributed by atoms with Crippen molar-refractivity contribution in [2.75, 3.05) is 13.7 Å². The molecule has 0 aliphatic heterocycles. The van der Waals surface area contributed by atoms with Gasteiger partial charge in [-0.25, -0.2) is 0 Å². The van der Waals surface area contributed by atoms with Crippen molar-refractivity contribution < 1.29 is 9.53 Å². The molecule has 0 heterocycles. The first kappa shape index (κ1) is 19.9. The number of halogens is 1. The molecule has 1 aromatic carbocycles. The molecule has 0 aromatic heterocycles. The SMILES string of the molecule is COC(C(=O)NC(C)(CN)CC(C)C)c1ccccc1.Cl. The van der Waals surface area contributed by atoms with Crippen LogP contribution in [0, 0.1) is 5.92 Å². The van der Waals surface area contributed by atoms with Gasteiger partial charge < -0.3 is 15.8 Å². The first-order valence-electron chi connectivity index (χ1n) is 7.01. The third-order valence-electron chi connectivity index (χ3n) is 3.31. The molecule has 5 heteroatoms. The fourth-order valence-electron chi connectivity index (χ4n) is 2.47. The van der Waals surface area contributed by atoms with Crippen LogP contribution in [0.25, 0.3) is 0 Å². The number of benzene rings is 1. The van der Waals surface area contributed by atoms with Crippen molar-refractivity contribution in [2.24, 2.45) is 11.7 Å². The van der Waals surface area contributed by atoms with E-state index < -0.39 is 11.6 Å². The first-order valence-corrected chi connectivity index (χ1v) is 7.01. The quantitative estimate of drug-likeness (QED) is 0.813. The lowest BCUT2D eigenvalue weighted by Crippen LogP contribution is -2.53. The highest BCUT2D eigenvalue weighted by molar-refractivity contribution is 5.85. The van der Waals surface area contributed by atoms with Crippen LogP contribution in [0.5, 0.6) is 0 Å². The molecule has 0 radical (unpaired) electrons. The van der Waals surface area contributed by atoms with Crippen LogP contribution in [-0.2, 0) is 9.53 Å². The number of nitrogens with two attached hydrogens (primary N) is 1. The number of carbonyl (C=O) groups excluding carboxylic acids is 1. The number of amides is 1. The van der Waals surface area contributed by atoms with E-state index in [1.54, 1.807) is 7.11 Å². The number of carbonyl (C=O) groups is 1. The van der Waals surface area contributed by atoms with Gasteiger partial charge in [-0.05, 0) is 24.8 Å². The van der Waals surface area contributed by atoms with E-state index in [4.69, 9.17) is 10.5 Å². The molecule has 0 saturated heterocycles. The van der Waals surface area contributed by atoms with Gasteiger partial charge in [-0.2, -0.15) is 0 Å². The van der Waals surface area contributed by atoms with Gasteiger partial charge >= 0.3 is 0 Å². The molecule has 2 atom stereocenters. The monoisotopic (exact) mass is 314 g/mol. The molecule has 0 spiro atoms. The Kier molecular flexibility index (Phi) is 8.55. The van der Waals surface area contributed by atoms with Gasteiger partial charge in [0.2, 0.25) is 0 Å². The topological polar surface area (TPSA) is 64.3 Å². The normalized spacial score (nSPS) is 15.0. The molecule has 1 amide bonds. The summed E-state index contributed by atoms with van der Waals surface area (Å²) in [7, 11) is 1.54. The van der Waals surface area contributed by atoms with Gasteiger partial charge in [0.05, 0.1) is 0 Å². The third-order valence-corrected chi connectivity index (χ3v) is 3.31. The summed E-state index contributed by atoms with van der Waals surface area (Å²) in [5, 5.41) is 3.03. The van der Waals surface area contributed by atoms with Gasteiger partial charge in [0, 0.05) is 19.2 Å². The fraction of sp³-hybridized carbons (Fsp3) is 0.562. The lowest BCUT2D eigenvalue weighted by Gasteiger charge is -2.32. The molecule has 3 N–H and O–H groups in total. The summed E-state index contributed by atoms with van der Waals surface area (Å²) in [6.45, 7) is 6.61. The summed E-state index contributed by atoms with van der Waals surface area (Å²) >= 11 is 0. The minimum absolute atomic E-state index is 0. The Labute approximate surface area is 133 Å². The summed E-state index contributed by atoms with van der Waals surface area (Å²) in [6, 6.07) is 9.47. The summed E-state index contributed by atoms with van der Waals surface area (Å²) in [4.78, 5) is 12.4. The van der Waals surface area contributed by atoms with Crippen LogP contribution in [0.2, 0.25) is 0 Å². The maximum atomic E-state index is 12.4. The summed E-state index contributed by atoms with van der Waals surface area (Å²) in [5.74, 6) is 0.314. The van der Waals surface area contributed by atoms with Crippen molar-refractivity contribution in [1.29, 1.82) is 0 Å². The third kappa shape index (κ3) is 6.04. The van der Waals surface area contributed by atoms with Crippen LogP contribution in [-0.4, -0.2) is 25.1 Å². The number of ether oxygens (including phenoxy) is 1. The standard InChI is InChI=1S/C16H26N2O2.ClH/c1-12(2)10-16(3,11-17)18-15(19)14(20-4)13-8-6-5-7-9-13;/h5-9,12,14H,10-11,17H2,1-4H3,(H,18,19);1H. The molecule has 0 fully saturated rings. The van der Waals surface area contributed by atoms with Crippen molar-refractivity contribution in [2.45, 2.75) is 38.8 Å². The van der Waals surface area contributed by atoms with Crippen LogP contribution in [0.1, 0.15) is 38.9 Å².